The van der Waals surface area contributed by atoms with Gasteiger partial charge < -0.3 is 15.4 Å². The van der Waals surface area contributed by atoms with E-state index in [2.05, 4.69) is 17.6 Å². The lowest BCUT2D eigenvalue weighted by molar-refractivity contribution is -0.146. The molecule has 0 aromatic heterocycles. The zero-order valence-electron chi connectivity index (χ0n) is 17.8. The third kappa shape index (κ3) is 4.44. The first-order valence-corrected chi connectivity index (χ1v) is 11.3. The molecule has 5 nitrogen and oxygen atoms in total. The van der Waals surface area contributed by atoms with E-state index in [4.69, 9.17) is 4.74 Å². The number of nitrogens with one attached hydrogen (secondary N) is 2. The number of carbonyl (C=O) groups excluding carboxylic acids is 2. The average Bonchev–Trinajstić information content (AvgIpc) is 2.67. The summed E-state index contributed by atoms with van der Waals surface area (Å²) >= 11 is 0. The van der Waals surface area contributed by atoms with Gasteiger partial charge in [0.25, 0.3) is 0 Å². The van der Waals surface area contributed by atoms with Crippen molar-refractivity contribution in [2.24, 2.45) is 23.2 Å². The van der Waals surface area contributed by atoms with Crippen molar-refractivity contribution in [1.82, 2.24) is 5.32 Å². The molecule has 158 valence electrons. The Morgan fingerprint density at radius 3 is 2.34 bits per heavy atom. The van der Waals surface area contributed by atoms with E-state index in [0.29, 0.717) is 19.6 Å². The van der Waals surface area contributed by atoms with Crippen molar-refractivity contribution in [3.8, 4) is 5.75 Å². The highest BCUT2D eigenvalue weighted by molar-refractivity contribution is 5.92. The summed E-state index contributed by atoms with van der Waals surface area (Å²) in [5, 5.41) is 6.04. The fourth-order valence-electron chi connectivity index (χ4n) is 6.16. The normalized spacial score (nSPS) is 29.5. The Kier molecular flexibility index (Phi) is 5.84. The van der Waals surface area contributed by atoms with Crippen molar-refractivity contribution in [1.29, 1.82) is 0 Å². The van der Waals surface area contributed by atoms with Gasteiger partial charge in [-0.1, -0.05) is 6.92 Å². The molecule has 0 atom stereocenters. The van der Waals surface area contributed by atoms with Crippen LogP contribution >= 0.6 is 0 Å². The predicted octanol–water partition coefficient (Wildman–Crippen LogP) is 4.45. The van der Waals surface area contributed by atoms with Gasteiger partial charge in [-0.15, -0.1) is 0 Å². The second-order valence-electron chi connectivity index (χ2n) is 9.58. The molecule has 4 saturated carbocycles. The Morgan fingerprint density at radius 1 is 1.10 bits per heavy atom. The van der Waals surface area contributed by atoms with Crippen LogP contribution in [0.25, 0.3) is 0 Å². The van der Waals surface area contributed by atoms with Crippen molar-refractivity contribution in [3.63, 3.8) is 0 Å². The lowest BCUT2D eigenvalue weighted by Crippen LogP contribution is -2.53. The van der Waals surface area contributed by atoms with E-state index in [1.165, 1.54) is 19.3 Å². The van der Waals surface area contributed by atoms with Crippen LogP contribution in [0.4, 0.5) is 5.69 Å². The third-order valence-electron chi connectivity index (χ3n) is 7.10. The Balaban J connectivity index is 1.25. The summed E-state index contributed by atoms with van der Waals surface area (Å²) in [5.74, 6) is 3.21. The lowest BCUT2D eigenvalue weighted by atomic mass is 9.49. The number of benzene rings is 1. The van der Waals surface area contributed by atoms with Crippen LogP contribution in [0, 0.1) is 30.1 Å². The molecule has 0 unspecified atom stereocenters. The third-order valence-corrected chi connectivity index (χ3v) is 7.10. The number of carbonyl (C=O) groups is 2. The minimum Gasteiger partial charge on any atom is -0.494 e. The summed E-state index contributed by atoms with van der Waals surface area (Å²) in [7, 11) is 0. The largest absolute Gasteiger partial charge is 0.494 e. The van der Waals surface area contributed by atoms with Gasteiger partial charge in [0.15, 0.2) is 0 Å². The van der Waals surface area contributed by atoms with Gasteiger partial charge in [0, 0.05) is 24.1 Å². The maximum atomic E-state index is 13.0. The monoisotopic (exact) mass is 398 g/mol. The Bertz CT molecular complexity index is 738. The highest BCUT2D eigenvalue weighted by atomic mass is 16.5. The molecule has 5 heteroatoms. The molecule has 2 amide bonds. The average molecular weight is 399 g/mol. The van der Waals surface area contributed by atoms with Crippen molar-refractivity contribution in [2.45, 2.75) is 65.2 Å². The molecule has 4 aliphatic carbocycles. The standard InChI is InChI=1S/C24H34N2O3/c1-3-8-29-20-4-5-21(16(2)9-20)26-22(27)6-7-25-23(28)24-13-17-10-18(14-24)12-19(11-17)15-24/h4-5,9,17-19H,3,6-8,10-15H2,1-2H3,(H,25,28)(H,26,27). The molecule has 1 aromatic carbocycles. The molecule has 0 radical (unpaired) electrons. The van der Waals surface area contributed by atoms with Crippen LogP contribution in [0.5, 0.6) is 5.75 Å². The maximum Gasteiger partial charge on any atom is 0.226 e. The molecule has 0 aliphatic heterocycles. The summed E-state index contributed by atoms with van der Waals surface area (Å²) in [6.07, 6.45) is 8.43. The van der Waals surface area contributed by atoms with Crippen LogP contribution in [0.2, 0.25) is 0 Å². The van der Waals surface area contributed by atoms with Gasteiger partial charge in [0.05, 0.1) is 6.61 Å². The zero-order valence-corrected chi connectivity index (χ0v) is 17.8. The molecule has 5 rings (SSSR count). The van der Waals surface area contributed by atoms with Crippen LogP contribution < -0.4 is 15.4 Å². The second-order valence-corrected chi connectivity index (χ2v) is 9.58. The van der Waals surface area contributed by atoms with Crippen molar-refractivity contribution in [3.05, 3.63) is 23.8 Å². The topological polar surface area (TPSA) is 67.4 Å². The summed E-state index contributed by atoms with van der Waals surface area (Å²) in [6.45, 7) is 5.13. The van der Waals surface area contributed by atoms with Gasteiger partial charge in [-0.05, 0) is 93.4 Å². The van der Waals surface area contributed by atoms with Gasteiger partial charge in [0.2, 0.25) is 11.8 Å². The van der Waals surface area contributed by atoms with Gasteiger partial charge >= 0.3 is 0 Å². The van der Waals surface area contributed by atoms with E-state index in [9.17, 15) is 9.59 Å². The molecular formula is C24H34N2O3. The van der Waals surface area contributed by atoms with Crippen LogP contribution in [-0.2, 0) is 9.59 Å². The van der Waals surface area contributed by atoms with Gasteiger partial charge in [-0.2, -0.15) is 0 Å². The van der Waals surface area contributed by atoms with E-state index in [-0.39, 0.29) is 17.2 Å². The van der Waals surface area contributed by atoms with Crippen LogP contribution in [0.1, 0.15) is 63.9 Å². The van der Waals surface area contributed by atoms with E-state index in [1.807, 2.05) is 25.1 Å². The molecule has 4 aliphatic rings. The van der Waals surface area contributed by atoms with Gasteiger partial charge in [-0.3, -0.25) is 9.59 Å². The molecule has 0 heterocycles. The molecule has 29 heavy (non-hydrogen) atoms. The smallest absolute Gasteiger partial charge is 0.226 e. The van der Waals surface area contributed by atoms with Crippen molar-refractivity contribution < 1.29 is 14.3 Å². The SMILES string of the molecule is CCCOc1ccc(NC(=O)CCNC(=O)C23CC4CC(CC(C4)C2)C3)c(C)c1. The first kappa shape index (κ1) is 20.2. The number of amides is 2. The fourth-order valence-corrected chi connectivity index (χ4v) is 6.16. The van der Waals surface area contributed by atoms with Crippen molar-refractivity contribution in [2.75, 3.05) is 18.5 Å². The molecule has 0 spiro atoms. The van der Waals surface area contributed by atoms with Crippen LogP contribution in [-0.4, -0.2) is 25.0 Å². The zero-order chi connectivity index (χ0) is 20.4. The summed E-state index contributed by atoms with van der Waals surface area (Å²) in [6, 6.07) is 5.71. The number of ether oxygens (including phenoxy) is 1. The molecule has 2 N–H and O–H groups in total. The van der Waals surface area contributed by atoms with E-state index < -0.39 is 0 Å². The molecule has 1 aromatic rings. The molecule has 4 fully saturated rings. The summed E-state index contributed by atoms with van der Waals surface area (Å²) in [5.41, 5.74) is 1.63. The molecule has 0 saturated heterocycles. The molecule has 4 bridgehead atoms. The van der Waals surface area contributed by atoms with Gasteiger partial charge in [-0.25, -0.2) is 0 Å². The van der Waals surface area contributed by atoms with E-state index >= 15 is 0 Å². The summed E-state index contributed by atoms with van der Waals surface area (Å²) in [4.78, 5) is 25.3. The lowest BCUT2D eigenvalue weighted by Gasteiger charge is -2.55. The maximum absolute atomic E-state index is 13.0. The number of hydrogen-bond donors (Lipinski definition) is 2. The summed E-state index contributed by atoms with van der Waals surface area (Å²) < 4.78 is 5.63. The highest BCUT2D eigenvalue weighted by Gasteiger charge is 2.54. The highest BCUT2D eigenvalue weighted by Crippen LogP contribution is 2.60. The van der Waals surface area contributed by atoms with E-state index in [0.717, 1.165) is 60.4 Å². The minimum absolute atomic E-state index is 0.0684. The first-order valence-electron chi connectivity index (χ1n) is 11.3. The fraction of sp³-hybridized carbons (Fsp3) is 0.667. The Hall–Kier alpha value is -2.04. The minimum atomic E-state index is -0.143. The Morgan fingerprint density at radius 2 is 1.76 bits per heavy atom. The van der Waals surface area contributed by atoms with Crippen LogP contribution in [0.15, 0.2) is 18.2 Å². The number of anilines is 1. The Labute approximate surface area is 174 Å². The van der Waals surface area contributed by atoms with E-state index in [1.54, 1.807) is 0 Å². The quantitative estimate of drug-likeness (QED) is 0.680. The number of hydrogen-bond acceptors (Lipinski definition) is 3. The number of rotatable bonds is 8. The van der Waals surface area contributed by atoms with Crippen LogP contribution in [0.3, 0.4) is 0 Å². The number of aryl methyl sites for hydroxylation is 1. The van der Waals surface area contributed by atoms with Gasteiger partial charge in [0.1, 0.15) is 5.75 Å². The first-order chi connectivity index (χ1) is 14.0. The molecular weight excluding hydrogens is 364 g/mol. The second kappa shape index (κ2) is 8.37. The predicted molar refractivity (Wildman–Crippen MR) is 114 cm³/mol. The van der Waals surface area contributed by atoms with Crippen molar-refractivity contribution >= 4 is 17.5 Å².